The minimum atomic E-state index is 0.0523. The van der Waals surface area contributed by atoms with E-state index < -0.39 is 0 Å². The van der Waals surface area contributed by atoms with Crippen molar-refractivity contribution in [3.8, 4) is 5.75 Å². The van der Waals surface area contributed by atoms with Crippen molar-refractivity contribution in [2.45, 2.75) is 19.9 Å². The number of nitrogens with one attached hydrogen (secondary N) is 1. The molecular formula is C17H19Cl2NO. The number of methoxy groups -OCH3 is 1. The van der Waals surface area contributed by atoms with Crippen molar-refractivity contribution in [2.24, 2.45) is 0 Å². The Balaban J connectivity index is 2.42. The summed E-state index contributed by atoms with van der Waals surface area (Å²) in [6.07, 6.45) is 0. The van der Waals surface area contributed by atoms with Crippen molar-refractivity contribution in [2.75, 3.05) is 13.7 Å². The summed E-state index contributed by atoms with van der Waals surface area (Å²) in [5.41, 5.74) is 3.28. The molecular weight excluding hydrogens is 305 g/mol. The van der Waals surface area contributed by atoms with Gasteiger partial charge in [0.25, 0.3) is 0 Å². The van der Waals surface area contributed by atoms with Gasteiger partial charge in [-0.05, 0) is 48.4 Å². The molecule has 112 valence electrons. The lowest BCUT2D eigenvalue weighted by atomic mass is 9.97. The predicted octanol–water partition coefficient (Wildman–Crippen LogP) is 5.01. The van der Waals surface area contributed by atoms with Crippen LogP contribution in [0, 0.1) is 6.92 Å². The zero-order chi connectivity index (χ0) is 15.4. The van der Waals surface area contributed by atoms with Gasteiger partial charge < -0.3 is 10.1 Å². The third kappa shape index (κ3) is 3.70. The Morgan fingerprint density at radius 1 is 1.05 bits per heavy atom. The first-order valence-corrected chi connectivity index (χ1v) is 7.65. The van der Waals surface area contributed by atoms with Gasteiger partial charge >= 0.3 is 0 Å². The number of hydrogen-bond donors (Lipinski definition) is 1. The van der Waals surface area contributed by atoms with Gasteiger partial charge in [-0.1, -0.05) is 48.3 Å². The summed E-state index contributed by atoms with van der Waals surface area (Å²) < 4.78 is 5.21. The van der Waals surface area contributed by atoms with Gasteiger partial charge in [-0.25, -0.2) is 0 Å². The minimum Gasteiger partial charge on any atom is -0.495 e. The first-order chi connectivity index (χ1) is 10.1. The fourth-order valence-corrected chi connectivity index (χ4v) is 2.74. The van der Waals surface area contributed by atoms with Gasteiger partial charge in [-0.2, -0.15) is 0 Å². The second-order valence-corrected chi connectivity index (χ2v) is 5.71. The van der Waals surface area contributed by atoms with Crippen LogP contribution in [0.15, 0.2) is 36.4 Å². The van der Waals surface area contributed by atoms with Crippen LogP contribution in [0.2, 0.25) is 10.0 Å². The molecule has 0 amide bonds. The maximum atomic E-state index is 6.25. The molecule has 4 heteroatoms. The standard InChI is InChI=1S/C17H19Cl2NO/c1-4-20-17(12-6-5-11(2)14(18)9-12)13-7-8-16(21-3)15(19)10-13/h5-10,17,20H,4H2,1-3H3. The van der Waals surface area contributed by atoms with Gasteiger partial charge in [0, 0.05) is 5.02 Å². The van der Waals surface area contributed by atoms with Crippen LogP contribution in [-0.2, 0) is 0 Å². The second-order valence-electron chi connectivity index (χ2n) is 4.89. The second kappa shape index (κ2) is 7.17. The molecule has 0 saturated carbocycles. The van der Waals surface area contributed by atoms with Crippen molar-refractivity contribution in [3.05, 3.63) is 63.1 Å². The van der Waals surface area contributed by atoms with E-state index in [1.54, 1.807) is 7.11 Å². The van der Waals surface area contributed by atoms with Crippen LogP contribution in [0.4, 0.5) is 0 Å². The van der Waals surface area contributed by atoms with E-state index in [0.29, 0.717) is 10.8 Å². The van der Waals surface area contributed by atoms with E-state index in [0.717, 1.165) is 28.3 Å². The van der Waals surface area contributed by atoms with Crippen molar-refractivity contribution in [1.29, 1.82) is 0 Å². The zero-order valence-corrected chi connectivity index (χ0v) is 13.9. The summed E-state index contributed by atoms with van der Waals surface area (Å²) in [6.45, 7) is 4.92. The largest absolute Gasteiger partial charge is 0.495 e. The highest BCUT2D eigenvalue weighted by atomic mass is 35.5. The predicted molar refractivity (Wildman–Crippen MR) is 89.7 cm³/mol. The normalized spacial score (nSPS) is 12.2. The molecule has 1 unspecified atom stereocenters. The van der Waals surface area contributed by atoms with Crippen molar-refractivity contribution in [3.63, 3.8) is 0 Å². The molecule has 0 aliphatic carbocycles. The molecule has 0 saturated heterocycles. The molecule has 0 aliphatic heterocycles. The van der Waals surface area contributed by atoms with E-state index in [2.05, 4.69) is 18.3 Å². The maximum absolute atomic E-state index is 6.25. The summed E-state index contributed by atoms with van der Waals surface area (Å²) >= 11 is 12.5. The van der Waals surface area contributed by atoms with Crippen LogP contribution in [0.3, 0.4) is 0 Å². The molecule has 21 heavy (non-hydrogen) atoms. The fourth-order valence-electron chi connectivity index (χ4n) is 2.28. The quantitative estimate of drug-likeness (QED) is 0.835. The highest BCUT2D eigenvalue weighted by Gasteiger charge is 2.15. The molecule has 0 fully saturated rings. The summed E-state index contributed by atoms with van der Waals surface area (Å²) in [5.74, 6) is 0.678. The number of rotatable bonds is 5. The van der Waals surface area contributed by atoms with Gasteiger partial charge in [0.2, 0.25) is 0 Å². The van der Waals surface area contributed by atoms with Crippen LogP contribution < -0.4 is 10.1 Å². The first-order valence-electron chi connectivity index (χ1n) is 6.89. The van der Waals surface area contributed by atoms with E-state index in [-0.39, 0.29) is 6.04 Å². The van der Waals surface area contributed by atoms with Crippen LogP contribution in [0.5, 0.6) is 5.75 Å². The Labute approximate surface area is 136 Å². The Hall–Kier alpha value is -1.22. The molecule has 0 bridgehead atoms. The zero-order valence-electron chi connectivity index (χ0n) is 12.4. The Morgan fingerprint density at radius 2 is 1.67 bits per heavy atom. The molecule has 1 N–H and O–H groups in total. The molecule has 2 nitrogen and oxygen atoms in total. The lowest BCUT2D eigenvalue weighted by Crippen LogP contribution is -2.22. The number of aryl methyl sites for hydroxylation is 1. The molecule has 0 radical (unpaired) electrons. The van der Waals surface area contributed by atoms with Crippen LogP contribution in [0.1, 0.15) is 29.7 Å². The molecule has 2 aromatic rings. The topological polar surface area (TPSA) is 21.3 Å². The smallest absolute Gasteiger partial charge is 0.137 e. The molecule has 0 aliphatic rings. The average molecular weight is 324 g/mol. The maximum Gasteiger partial charge on any atom is 0.137 e. The third-order valence-electron chi connectivity index (χ3n) is 3.45. The highest BCUT2D eigenvalue weighted by molar-refractivity contribution is 6.32. The van der Waals surface area contributed by atoms with Gasteiger partial charge in [-0.15, -0.1) is 0 Å². The molecule has 0 aromatic heterocycles. The van der Waals surface area contributed by atoms with E-state index in [1.165, 1.54) is 0 Å². The monoisotopic (exact) mass is 323 g/mol. The van der Waals surface area contributed by atoms with Gasteiger partial charge in [0.15, 0.2) is 0 Å². The number of halogens is 2. The highest BCUT2D eigenvalue weighted by Crippen LogP contribution is 2.31. The number of benzene rings is 2. The molecule has 1 atom stereocenters. The van der Waals surface area contributed by atoms with Crippen LogP contribution >= 0.6 is 23.2 Å². The SMILES string of the molecule is CCNC(c1ccc(C)c(Cl)c1)c1ccc(OC)c(Cl)c1. The molecule has 0 heterocycles. The molecule has 2 rings (SSSR count). The number of ether oxygens (including phenoxy) is 1. The van der Waals surface area contributed by atoms with Crippen LogP contribution in [0.25, 0.3) is 0 Å². The van der Waals surface area contributed by atoms with E-state index in [9.17, 15) is 0 Å². The van der Waals surface area contributed by atoms with E-state index in [4.69, 9.17) is 27.9 Å². The third-order valence-corrected chi connectivity index (χ3v) is 4.15. The Bertz CT molecular complexity index is 628. The first kappa shape index (κ1) is 16.2. The van der Waals surface area contributed by atoms with Gasteiger partial charge in [-0.3, -0.25) is 0 Å². The summed E-state index contributed by atoms with van der Waals surface area (Å²) in [4.78, 5) is 0. The molecule has 2 aromatic carbocycles. The van der Waals surface area contributed by atoms with E-state index in [1.807, 2.05) is 37.3 Å². The average Bonchev–Trinajstić information content (AvgIpc) is 2.48. The van der Waals surface area contributed by atoms with Gasteiger partial charge in [0.1, 0.15) is 5.75 Å². The van der Waals surface area contributed by atoms with Crippen LogP contribution in [-0.4, -0.2) is 13.7 Å². The fraction of sp³-hybridized carbons (Fsp3) is 0.294. The van der Waals surface area contributed by atoms with Gasteiger partial charge in [0.05, 0.1) is 18.2 Å². The lowest BCUT2D eigenvalue weighted by Gasteiger charge is -2.20. The lowest BCUT2D eigenvalue weighted by molar-refractivity contribution is 0.414. The minimum absolute atomic E-state index is 0.0523. The van der Waals surface area contributed by atoms with Crippen molar-refractivity contribution in [1.82, 2.24) is 5.32 Å². The van der Waals surface area contributed by atoms with Crippen molar-refractivity contribution < 1.29 is 4.74 Å². The number of hydrogen-bond acceptors (Lipinski definition) is 2. The summed E-state index contributed by atoms with van der Waals surface area (Å²) in [5, 5.41) is 4.85. The molecule has 0 spiro atoms. The summed E-state index contributed by atoms with van der Waals surface area (Å²) in [6, 6.07) is 12.0. The van der Waals surface area contributed by atoms with E-state index >= 15 is 0 Å². The Morgan fingerprint density at radius 3 is 2.19 bits per heavy atom. The summed E-state index contributed by atoms with van der Waals surface area (Å²) in [7, 11) is 1.61. The Kier molecular flexibility index (Phi) is 5.51. The van der Waals surface area contributed by atoms with Crippen molar-refractivity contribution >= 4 is 23.2 Å².